The van der Waals surface area contributed by atoms with Gasteiger partial charge in [0.25, 0.3) is 5.91 Å². The Kier molecular flexibility index (Phi) is 7.67. The van der Waals surface area contributed by atoms with Crippen LogP contribution in [0.3, 0.4) is 0 Å². The summed E-state index contributed by atoms with van der Waals surface area (Å²) in [7, 11) is -2.17. The fraction of sp³-hybridized carbons (Fsp3) is 0.519. The third-order valence-corrected chi connectivity index (χ3v) is 7.17. The molecule has 0 radical (unpaired) electrons. The van der Waals surface area contributed by atoms with Gasteiger partial charge < -0.3 is 19.5 Å². The molecule has 4 rings (SSSR count). The molecule has 2 aromatic rings. The second-order valence-electron chi connectivity index (χ2n) is 11.4. The first-order chi connectivity index (χ1) is 18.1. The molecule has 2 aliphatic rings. The highest BCUT2D eigenvalue weighted by Crippen LogP contribution is 2.39. The highest BCUT2D eigenvalue weighted by atomic mass is 32.2. The lowest BCUT2D eigenvalue weighted by molar-refractivity contribution is -0.140. The van der Waals surface area contributed by atoms with Crippen LogP contribution in [0.1, 0.15) is 56.1 Å². The van der Waals surface area contributed by atoms with E-state index in [-0.39, 0.29) is 34.9 Å². The lowest BCUT2D eigenvalue weighted by Crippen LogP contribution is -2.34. The van der Waals surface area contributed by atoms with Crippen molar-refractivity contribution in [3.63, 3.8) is 0 Å². The molecule has 2 aromatic carbocycles. The van der Waals surface area contributed by atoms with Crippen LogP contribution in [-0.4, -0.2) is 58.8 Å². The summed E-state index contributed by atoms with van der Waals surface area (Å²) in [5, 5.41) is 13.4. The molecule has 0 bridgehead atoms. The third-order valence-electron chi connectivity index (χ3n) is 6.58. The van der Waals surface area contributed by atoms with Gasteiger partial charge >= 0.3 is 0 Å². The summed E-state index contributed by atoms with van der Waals surface area (Å²) in [4.78, 5) is 13.4. The molecule has 1 amide bonds. The van der Waals surface area contributed by atoms with Crippen molar-refractivity contribution in [3.05, 3.63) is 47.0 Å². The van der Waals surface area contributed by atoms with Gasteiger partial charge in [-0.1, -0.05) is 32.1 Å². The van der Waals surface area contributed by atoms with E-state index >= 15 is 0 Å². The van der Waals surface area contributed by atoms with Gasteiger partial charge in [-0.25, -0.2) is 13.4 Å². The van der Waals surface area contributed by atoms with Crippen LogP contribution in [0.5, 0.6) is 5.75 Å². The zero-order chi connectivity index (χ0) is 28.8. The average molecular weight is 560 g/mol. The van der Waals surface area contributed by atoms with E-state index in [0.717, 1.165) is 23.1 Å². The monoisotopic (exact) mass is 559 g/mol. The number of carbonyl (C=O) groups is 1. The van der Waals surface area contributed by atoms with E-state index in [2.05, 4.69) is 20.4 Å². The normalized spacial score (nSPS) is 20.8. The molecule has 1 unspecified atom stereocenters. The van der Waals surface area contributed by atoms with Crippen molar-refractivity contribution in [2.75, 3.05) is 41.6 Å². The minimum Gasteiger partial charge on any atom is -0.492 e. The van der Waals surface area contributed by atoms with E-state index in [1.807, 2.05) is 47.6 Å². The van der Waals surface area contributed by atoms with E-state index in [1.54, 1.807) is 29.3 Å². The van der Waals surface area contributed by atoms with Crippen LogP contribution in [0.15, 0.2) is 40.7 Å². The van der Waals surface area contributed by atoms with Gasteiger partial charge in [0.2, 0.25) is 10.0 Å². The van der Waals surface area contributed by atoms with Crippen LogP contribution in [-0.2, 0) is 24.9 Å². The number of methoxy groups -OCH3 is 1. The molecular formula is C27H37N5O6S. The Balaban J connectivity index is 1.60. The number of sulfonamides is 1. The van der Waals surface area contributed by atoms with Gasteiger partial charge in [-0.05, 0) is 61.6 Å². The van der Waals surface area contributed by atoms with E-state index in [9.17, 15) is 13.2 Å². The summed E-state index contributed by atoms with van der Waals surface area (Å²) >= 11 is 0. The molecule has 2 atom stereocenters. The zero-order valence-corrected chi connectivity index (χ0v) is 24.5. The maximum Gasteiger partial charge on any atom is 0.255 e. The molecule has 2 heterocycles. The number of ether oxygens (including phenoxy) is 3. The highest BCUT2D eigenvalue weighted by Gasteiger charge is 2.40. The summed E-state index contributed by atoms with van der Waals surface area (Å²) in [5.74, 6) is -0.816. The Bertz CT molecular complexity index is 1400. The van der Waals surface area contributed by atoms with Crippen LogP contribution in [0, 0.1) is 6.92 Å². The summed E-state index contributed by atoms with van der Waals surface area (Å²) < 4.78 is 43.7. The maximum atomic E-state index is 13.4. The number of rotatable bonds is 7. The predicted octanol–water partition coefficient (Wildman–Crippen LogP) is 4.63. The standard InChI is InChI=1S/C27H37N5O6S/c1-16-9-10-17(11-22(16)32-14-21(29-31-32)23-15-37-27(5,6)38-23)25(33)28-19-12-18(26(2,3)4)13-20(24(19)36-7)30-39(8,34)35/h9-13,21,23,30H,14-15H2,1-8H3,(H,28,33)/t21?,23-/m1/s1. The Morgan fingerprint density at radius 2 is 1.87 bits per heavy atom. The molecule has 0 aromatic heterocycles. The van der Waals surface area contributed by atoms with Crippen molar-refractivity contribution >= 4 is 33.0 Å². The number of nitrogens with zero attached hydrogens (tertiary/aromatic N) is 3. The van der Waals surface area contributed by atoms with Gasteiger partial charge in [0.15, 0.2) is 11.5 Å². The van der Waals surface area contributed by atoms with E-state index in [4.69, 9.17) is 14.2 Å². The zero-order valence-electron chi connectivity index (χ0n) is 23.7. The number of hydrogen-bond donors (Lipinski definition) is 2. The number of benzene rings is 2. The summed E-state index contributed by atoms with van der Waals surface area (Å²) in [6.45, 7) is 12.6. The molecule has 39 heavy (non-hydrogen) atoms. The maximum absolute atomic E-state index is 13.4. The van der Waals surface area contributed by atoms with Crippen LogP contribution in [0.4, 0.5) is 17.1 Å². The summed E-state index contributed by atoms with van der Waals surface area (Å²) in [6.07, 6.45) is 0.868. The molecule has 0 saturated carbocycles. The molecule has 2 N–H and O–H groups in total. The predicted molar refractivity (Wildman–Crippen MR) is 150 cm³/mol. The molecular weight excluding hydrogens is 522 g/mol. The Hall–Kier alpha value is -3.22. The number of aryl methyl sites for hydroxylation is 1. The topological polar surface area (TPSA) is 131 Å². The molecule has 212 valence electrons. The minimum absolute atomic E-state index is 0.186. The van der Waals surface area contributed by atoms with Gasteiger partial charge in [-0.2, -0.15) is 5.11 Å². The first-order valence-electron chi connectivity index (χ1n) is 12.7. The number of nitrogens with one attached hydrogen (secondary N) is 2. The first kappa shape index (κ1) is 28.8. The molecule has 11 nitrogen and oxygen atoms in total. The van der Waals surface area contributed by atoms with E-state index in [1.165, 1.54) is 7.11 Å². The van der Waals surface area contributed by atoms with Gasteiger partial charge in [-0.3, -0.25) is 9.52 Å². The molecule has 12 heteroatoms. The third kappa shape index (κ3) is 6.68. The first-order valence-corrected chi connectivity index (χ1v) is 14.6. The van der Waals surface area contributed by atoms with Crippen LogP contribution < -0.4 is 19.8 Å². The largest absolute Gasteiger partial charge is 0.492 e. The van der Waals surface area contributed by atoms with Gasteiger partial charge in [0.05, 0.1) is 43.6 Å². The second kappa shape index (κ2) is 10.4. The highest BCUT2D eigenvalue weighted by molar-refractivity contribution is 7.92. The lowest BCUT2D eigenvalue weighted by Gasteiger charge is -2.24. The van der Waals surface area contributed by atoms with Crippen molar-refractivity contribution in [2.45, 2.75) is 64.9 Å². The van der Waals surface area contributed by atoms with Gasteiger partial charge in [0.1, 0.15) is 12.1 Å². The number of carbonyl (C=O) groups excluding carboxylic acids is 1. The van der Waals surface area contributed by atoms with E-state index in [0.29, 0.717) is 24.4 Å². The molecule has 2 aliphatic heterocycles. The minimum atomic E-state index is -3.59. The second-order valence-corrected chi connectivity index (χ2v) is 13.2. The molecule has 1 fully saturated rings. The number of hydrogen-bond acceptors (Lipinski definition) is 9. The van der Waals surface area contributed by atoms with Crippen molar-refractivity contribution in [3.8, 4) is 5.75 Å². The number of amides is 1. The summed E-state index contributed by atoms with van der Waals surface area (Å²) in [5.41, 5.74) is 3.18. The van der Waals surface area contributed by atoms with Gasteiger partial charge in [0, 0.05) is 5.56 Å². The van der Waals surface area contributed by atoms with Crippen molar-refractivity contribution < 1.29 is 27.4 Å². The fourth-order valence-corrected chi connectivity index (χ4v) is 5.05. The smallest absolute Gasteiger partial charge is 0.255 e. The SMILES string of the molecule is COc1c(NC(=O)c2ccc(C)c(N3CC([C@H]4COC(C)(C)O4)N=N3)c2)cc(C(C)(C)C)cc1NS(C)(=O)=O. The van der Waals surface area contributed by atoms with E-state index < -0.39 is 15.8 Å². The molecule has 1 saturated heterocycles. The number of anilines is 3. The van der Waals surface area contributed by atoms with Crippen LogP contribution in [0.25, 0.3) is 0 Å². The van der Waals surface area contributed by atoms with Crippen LogP contribution >= 0.6 is 0 Å². The molecule has 0 aliphatic carbocycles. The van der Waals surface area contributed by atoms with Gasteiger partial charge in [-0.15, -0.1) is 0 Å². The summed E-state index contributed by atoms with van der Waals surface area (Å²) in [6, 6.07) is 8.67. The Labute approximate surface area is 229 Å². The fourth-order valence-electron chi connectivity index (χ4n) is 4.50. The Morgan fingerprint density at radius 3 is 2.46 bits per heavy atom. The lowest BCUT2D eigenvalue weighted by atomic mass is 9.86. The van der Waals surface area contributed by atoms with Crippen molar-refractivity contribution in [1.82, 2.24) is 0 Å². The van der Waals surface area contributed by atoms with Crippen LogP contribution in [0.2, 0.25) is 0 Å². The van der Waals surface area contributed by atoms with Crippen molar-refractivity contribution in [1.29, 1.82) is 0 Å². The Morgan fingerprint density at radius 1 is 1.18 bits per heavy atom. The van der Waals surface area contributed by atoms with Crippen molar-refractivity contribution in [2.24, 2.45) is 10.3 Å². The molecule has 0 spiro atoms. The average Bonchev–Trinajstić information content (AvgIpc) is 3.44. The quantitative estimate of drug-likeness (QED) is 0.506.